The van der Waals surface area contributed by atoms with Gasteiger partial charge in [-0.05, 0) is 13.1 Å². The van der Waals surface area contributed by atoms with Crippen LogP contribution in [0, 0.1) is 11.6 Å². The largest absolute Gasteiger partial charge is 0.370 e. The van der Waals surface area contributed by atoms with E-state index < -0.39 is 23.6 Å². The number of hydrogen-bond acceptors (Lipinski definition) is 2. The zero-order valence-corrected chi connectivity index (χ0v) is 8.26. The third-order valence-electron chi connectivity index (χ3n) is 2.09. The summed E-state index contributed by atoms with van der Waals surface area (Å²) in [6.07, 6.45) is -0.0287. The number of carbonyl (C=O) groups is 1. The van der Waals surface area contributed by atoms with Gasteiger partial charge in [-0.2, -0.15) is 0 Å². The first kappa shape index (κ1) is 11.6. The van der Waals surface area contributed by atoms with E-state index in [4.69, 9.17) is 5.73 Å². The molecule has 3 nitrogen and oxygen atoms in total. The summed E-state index contributed by atoms with van der Waals surface area (Å²) < 4.78 is 25.9. The zero-order valence-electron chi connectivity index (χ0n) is 8.26. The Morgan fingerprint density at radius 1 is 1.53 bits per heavy atom. The molecule has 3 N–H and O–H groups in total. The molecule has 0 radical (unpaired) electrons. The topological polar surface area (TPSA) is 55.1 Å². The predicted octanol–water partition coefficient (Wildman–Crippen LogP) is 1.10. The Labute approximate surface area is 86.3 Å². The van der Waals surface area contributed by atoms with E-state index in [1.807, 2.05) is 0 Å². The summed E-state index contributed by atoms with van der Waals surface area (Å²) in [5.74, 6) is -1.88. The van der Waals surface area contributed by atoms with Crippen LogP contribution in [0.15, 0.2) is 18.2 Å². The van der Waals surface area contributed by atoms with E-state index in [9.17, 15) is 13.6 Å². The molecule has 1 aromatic rings. The van der Waals surface area contributed by atoms with Crippen LogP contribution in [-0.2, 0) is 4.79 Å². The average molecular weight is 214 g/mol. The summed E-state index contributed by atoms with van der Waals surface area (Å²) in [6.45, 7) is 0. The number of benzene rings is 1. The first-order valence-corrected chi connectivity index (χ1v) is 4.45. The maximum Gasteiger partial charge on any atom is 0.219 e. The zero-order chi connectivity index (χ0) is 11.4. The van der Waals surface area contributed by atoms with Crippen LogP contribution in [0.2, 0.25) is 0 Å². The highest BCUT2D eigenvalue weighted by Gasteiger charge is 2.16. The third kappa shape index (κ3) is 2.99. The summed E-state index contributed by atoms with van der Waals surface area (Å²) in [4.78, 5) is 10.7. The summed E-state index contributed by atoms with van der Waals surface area (Å²) in [5, 5.41) is 2.75. The van der Waals surface area contributed by atoms with E-state index in [1.54, 1.807) is 7.05 Å². The van der Waals surface area contributed by atoms with Crippen molar-refractivity contribution in [1.29, 1.82) is 0 Å². The maximum atomic E-state index is 13.3. The van der Waals surface area contributed by atoms with Gasteiger partial charge < -0.3 is 11.1 Å². The van der Waals surface area contributed by atoms with Gasteiger partial charge in [-0.15, -0.1) is 0 Å². The fourth-order valence-corrected chi connectivity index (χ4v) is 1.35. The smallest absolute Gasteiger partial charge is 0.219 e. The standard InChI is InChI=1S/C10H12F2N2O/c1-14-9(5-10(13)15)7-3-2-6(11)4-8(7)12/h2-4,9,14H,5H2,1H3,(H2,13,15). The van der Waals surface area contributed by atoms with Crippen LogP contribution in [-0.4, -0.2) is 13.0 Å². The Kier molecular flexibility index (Phi) is 3.74. The molecule has 1 amide bonds. The molecule has 82 valence electrons. The van der Waals surface area contributed by atoms with E-state index in [1.165, 1.54) is 6.07 Å². The Balaban J connectivity index is 2.96. The van der Waals surface area contributed by atoms with Crippen LogP contribution in [0.25, 0.3) is 0 Å². The molecule has 0 aliphatic carbocycles. The van der Waals surface area contributed by atoms with E-state index in [0.29, 0.717) is 0 Å². The number of carbonyl (C=O) groups excluding carboxylic acids is 1. The Bertz CT molecular complexity index is 368. The fraction of sp³-hybridized carbons (Fsp3) is 0.300. The number of primary amides is 1. The molecule has 0 heterocycles. The summed E-state index contributed by atoms with van der Waals surface area (Å²) >= 11 is 0. The molecule has 0 bridgehead atoms. The molecule has 5 heteroatoms. The van der Waals surface area contributed by atoms with Crippen LogP contribution in [0.1, 0.15) is 18.0 Å². The van der Waals surface area contributed by atoms with Crippen LogP contribution in [0.5, 0.6) is 0 Å². The van der Waals surface area contributed by atoms with Gasteiger partial charge in [0.1, 0.15) is 11.6 Å². The predicted molar refractivity (Wildman–Crippen MR) is 52.0 cm³/mol. The molecule has 1 atom stereocenters. The highest BCUT2D eigenvalue weighted by atomic mass is 19.1. The number of nitrogens with one attached hydrogen (secondary N) is 1. The quantitative estimate of drug-likeness (QED) is 0.788. The second kappa shape index (κ2) is 4.84. The molecule has 15 heavy (non-hydrogen) atoms. The Morgan fingerprint density at radius 3 is 2.67 bits per heavy atom. The molecule has 1 aromatic carbocycles. The third-order valence-corrected chi connectivity index (χ3v) is 2.09. The van der Waals surface area contributed by atoms with Crippen LogP contribution >= 0.6 is 0 Å². The molecular formula is C10H12F2N2O. The van der Waals surface area contributed by atoms with Crippen molar-refractivity contribution in [3.05, 3.63) is 35.4 Å². The minimum atomic E-state index is -0.685. The fourth-order valence-electron chi connectivity index (χ4n) is 1.35. The van der Waals surface area contributed by atoms with Gasteiger partial charge in [0.05, 0.1) is 0 Å². The molecule has 0 spiro atoms. The van der Waals surface area contributed by atoms with Gasteiger partial charge in [-0.1, -0.05) is 6.07 Å². The normalized spacial score (nSPS) is 12.5. The lowest BCUT2D eigenvalue weighted by molar-refractivity contribution is -0.118. The van der Waals surface area contributed by atoms with Gasteiger partial charge in [0.25, 0.3) is 0 Å². The van der Waals surface area contributed by atoms with Crippen molar-refractivity contribution in [3.8, 4) is 0 Å². The van der Waals surface area contributed by atoms with Crippen molar-refractivity contribution >= 4 is 5.91 Å². The highest BCUT2D eigenvalue weighted by Crippen LogP contribution is 2.20. The minimum Gasteiger partial charge on any atom is -0.370 e. The lowest BCUT2D eigenvalue weighted by Crippen LogP contribution is -2.24. The molecule has 0 aromatic heterocycles. The van der Waals surface area contributed by atoms with Crippen molar-refractivity contribution < 1.29 is 13.6 Å². The molecule has 1 rings (SSSR count). The number of amides is 1. The minimum absolute atomic E-state index is 0.0287. The first-order chi connectivity index (χ1) is 7.04. The first-order valence-electron chi connectivity index (χ1n) is 4.45. The molecule has 0 saturated carbocycles. The molecule has 0 saturated heterocycles. The second-order valence-electron chi connectivity index (χ2n) is 3.18. The van der Waals surface area contributed by atoms with Gasteiger partial charge in [-0.3, -0.25) is 4.79 Å². The number of nitrogens with two attached hydrogens (primary N) is 1. The van der Waals surface area contributed by atoms with Gasteiger partial charge in [-0.25, -0.2) is 8.78 Å². The lowest BCUT2D eigenvalue weighted by Gasteiger charge is -2.15. The average Bonchev–Trinajstić information content (AvgIpc) is 2.14. The molecular weight excluding hydrogens is 202 g/mol. The molecule has 1 unspecified atom stereocenters. The van der Waals surface area contributed by atoms with Crippen molar-refractivity contribution in [2.24, 2.45) is 5.73 Å². The van der Waals surface area contributed by atoms with Crippen molar-refractivity contribution in [2.45, 2.75) is 12.5 Å². The van der Waals surface area contributed by atoms with E-state index >= 15 is 0 Å². The SMILES string of the molecule is CNC(CC(N)=O)c1ccc(F)cc1F. The monoisotopic (exact) mass is 214 g/mol. The van der Waals surface area contributed by atoms with E-state index in [0.717, 1.165) is 12.1 Å². The second-order valence-corrected chi connectivity index (χ2v) is 3.18. The number of rotatable bonds is 4. The van der Waals surface area contributed by atoms with Crippen LogP contribution < -0.4 is 11.1 Å². The van der Waals surface area contributed by atoms with Crippen molar-refractivity contribution in [3.63, 3.8) is 0 Å². The summed E-state index contributed by atoms with van der Waals surface area (Å²) in [7, 11) is 1.58. The maximum absolute atomic E-state index is 13.3. The van der Waals surface area contributed by atoms with Gasteiger partial charge in [0.15, 0.2) is 0 Å². The number of halogens is 2. The van der Waals surface area contributed by atoms with Crippen molar-refractivity contribution in [2.75, 3.05) is 7.05 Å². The van der Waals surface area contributed by atoms with Gasteiger partial charge in [0, 0.05) is 24.1 Å². The Hall–Kier alpha value is -1.49. The van der Waals surface area contributed by atoms with Gasteiger partial charge >= 0.3 is 0 Å². The van der Waals surface area contributed by atoms with Crippen molar-refractivity contribution in [1.82, 2.24) is 5.32 Å². The van der Waals surface area contributed by atoms with E-state index in [2.05, 4.69) is 5.32 Å². The molecule has 0 aliphatic heterocycles. The lowest BCUT2D eigenvalue weighted by atomic mass is 10.0. The number of hydrogen-bond donors (Lipinski definition) is 2. The van der Waals surface area contributed by atoms with Crippen LogP contribution in [0.3, 0.4) is 0 Å². The summed E-state index contributed by atoms with van der Waals surface area (Å²) in [5.41, 5.74) is 5.24. The van der Waals surface area contributed by atoms with Gasteiger partial charge in [0.2, 0.25) is 5.91 Å². The van der Waals surface area contributed by atoms with Crippen LogP contribution in [0.4, 0.5) is 8.78 Å². The molecule has 0 aliphatic rings. The van der Waals surface area contributed by atoms with E-state index in [-0.39, 0.29) is 12.0 Å². The Morgan fingerprint density at radius 2 is 2.20 bits per heavy atom. The summed E-state index contributed by atoms with van der Waals surface area (Å²) in [6, 6.07) is 2.70. The molecule has 0 fully saturated rings. The highest BCUT2D eigenvalue weighted by molar-refractivity contribution is 5.74.